The van der Waals surface area contributed by atoms with Crippen LogP contribution in [0.3, 0.4) is 0 Å². The molecule has 0 radical (unpaired) electrons. The molecule has 2 amide bonds. The molecule has 572 valence electrons. The van der Waals surface area contributed by atoms with E-state index in [-0.39, 0.29) is 60.9 Å². The smallest absolute Gasteiger partial charge is 0.416 e. The van der Waals surface area contributed by atoms with Crippen molar-refractivity contribution in [3.05, 3.63) is 247 Å². The van der Waals surface area contributed by atoms with E-state index in [1.54, 1.807) is 71.4 Å². The van der Waals surface area contributed by atoms with E-state index in [1.807, 2.05) is 71.9 Å². The number of alkyl halides is 3. The summed E-state index contributed by atoms with van der Waals surface area (Å²) in [6.07, 6.45) is 5.04. The number of carbonyl (C=O) groups is 4. The molecule has 0 spiro atoms. The van der Waals surface area contributed by atoms with Gasteiger partial charge in [-0.1, -0.05) is 86.1 Å². The van der Waals surface area contributed by atoms with Crippen molar-refractivity contribution < 1.29 is 74.3 Å². The Morgan fingerprint density at radius 2 is 1.12 bits per heavy atom. The highest BCUT2D eigenvalue weighted by atomic mass is 35.5. The maximum Gasteiger partial charge on any atom is 0.416 e. The molecule has 0 saturated heterocycles. The zero-order chi connectivity index (χ0) is 78.4. The summed E-state index contributed by atoms with van der Waals surface area (Å²) in [5.41, 5.74) is 19.2. The van der Waals surface area contributed by atoms with Crippen LogP contribution in [0, 0.1) is 51.0 Å². The number of halogens is 8. The number of aryl methyl sites for hydroxylation is 5. The summed E-state index contributed by atoms with van der Waals surface area (Å²) in [7, 11) is 0. The summed E-state index contributed by atoms with van der Waals surface area (Å²) in [5, 5.41) is 24.7. The van der Waals surface area contributed by atoms with E-state index >= 15 is 0 Å². The van der Waals surface area contributed by atoms with E-state index in [1.165, 1.54) is 48.5 Å². The first kappa shape index (κ1) is 81.7. The fourth-order valence-corrected chi connectivity index (χ4v) is 12.4. The van der Waals surface area contributed by atoms with Gasteiger partial charge in [-0.25, -0.2) is 37.3 Å². The van der Waals surface area contributed by atoms with E-state index < -0.39 is 58.0 Å². The van der Waals surface area contributed by atoms with Gasteiger partial charge in [-0.2, -0.15) is 13.2 Å². The van der Waals surface area contributed by atoms with E-state index in [9.17, 15) is 55.0 Å². The number of rotatable bonds is 28. The lowest BCUT2D eigenvalue weighted by Gasteiger charge is -2.36. The SMILES string of the molecule is CCC(C)(N)CNC(=O)c1c(C)nc2c(OCc3c(F)cccc3F)cc(C)cn12.CC[C@](C)(N)CNC(=O)c1c(C)nc2c(OCc3c(F)cccc3F)cc(C)cn12.O=C(O)CCCCN(CCc1ccccc1OCc1ccc(-c2ccc(C(F)(F)F)cc2)cc1Cl)C1CCCc2nc(C(=O)O)ccc21. The topological polar surface area (TPSA) is 263 Å². The van der Waals surface area contributed by atoms with Crippen molar-refractivity contribution in [3.8, 4) is 28.4 Å². The number of nitrogens with zero attached hydrogens (tertiary/aromatic N) is 6. The number of nitrogens with two attached hydrogens (primary N) is 2. The highest BCUT2D eigenvalue weighted by Crippen LogP contribution is 2.37. The fourth-order valence-electron chi connectivity index (χ4n) is 12.2. The molecule has 5 aromatic heterocycles. The Balaban J connectivity index is 0.000000196. The molecule has 27 heteroatoms. The van der Waals surface area contributed by atoms with Gasteiger partial charge in [0.15, 0.2) is 22.8 Å². The number of carboxylic acids is 2. The molecule has 0 aliphatic heterocycles. The largest absolute Gasteiger partial charge is 0.489 e. The summed E-state index contributed by atoms with van der Waals surface area (Å²) >= 11 is 6.59. The summed E-state index contributed by atoms with van der Waals surface area (Å²) in [4.78, 5) is 64.0. The van der Waals surface area contributed by atoms with Gasteiger partial charge in [-0.15, -0.1) is 0 Å². The van der Waals surface area contributed by atoms with Crippen LogP contribution in [0.2, 0.25) is 5.02 Å². The molecule has 5 heterocycles. The number of carbonyl (C=O) groups excluding carboxylic acids is 2. The van der Waals surface area contributed by atoms with Crippen LogP contribution in [-0.4, -0.2) is 99.9 Å². The van der Waals surface area contributed by atoms with Gasteiger partial charge in [-0.05, 0) is 200 Å². The average molecular weight is 1510 g/mol. The van der Waals surface area contributed by atoms with E-state index in [4.69, 9.17) is 42.4 Å². The highest BCUT2D eigenvalue weighted by molar-refractivity contribution is 6.31. The van der Waals surface area contributed by atoms with Crippen molar-refractivity contribution in [1.82, 2.24) is 39.3 Å². The van der Waals surface area contributed by atoms with E-state index in [0.29, 0.717) is 132 Å². The van der Waals surface area contributed by atoms with E-state index in [0.717, 1.165) is 58.5 Å². The number of amides is 2. The quantitative estimate of drug-likeness (QED) is 0.0197. The summed E-state index contributed by atoms with van der Waals surface area (Å²) in [5.74, 6) is -3.86. The average Bonchev–Trinajstić information content (AvgIpc) is 1.60. The zero-order valence-corrected chi connectivity index (χ0v) is 62.0. The molecule has 0 bridgehead atoms. The third kappa shape index (κ3) is 21.0. The predicted octanol–water partition coefficient (Wildman–Crippen LogP) is 16.2. The van der Waals surface area contributed by atoms with Crippen molar-refractivity contribution >= 4 is 46.6 Å². The molecule has 11 rings (SSSR count). The van der Waals surface area contributed by atoms with Gasteiger partial charge in [0.25, 0.3) is 11.8 Å². The minimum absolute atomic E-state index is 0.0304. The molecular formula is C81H88ClF7N10O9. The maximum absolute atomic E-state index is 13.9. The Hall–Kier alpha value is -10.4. The van der Waals surface area contributed by atoms with Crippen LogP contribution in [0.4, 0.5) is 30.7 Å². The number of para-hydroxylation sites is 1. The second kappa shape index (κ2) is 36.0. The van der Waals surface area contributed by atoms with Crippen LogP contribution in [0.25, 0.3) is 22.4 Å². The first-order chi connectivity index (χ1) is 51.2. The molecule has 1 aliphatic rings. The molecule has 0 fully saturated rings. The number of pyridine rings is 3. The molecular weight excluding hydrogens is 1430 g/mol. The lowest BCUT2D eigenvalue weighted by molar-refractivity contribution is -0.138. The first-order valence-corrected chi connectivity index (χ1v) is 35.7. The van der Waals surface area contributed by atoms with Gasteiger partial charge in [0.2, 0.25) is 0 Å². The van der Waals surface area contributed by atoms with Crippen LogP contribution in [-0.2, 0) is 43.6 Å². The minimum atomic E-state index is -4.40. The molecule has 3 atom stereocenters. The maximum atomic E-state index is 13.9. The second-order valence-electron chi connectivity index (χ2n) is 27.5. The molecule has 8 N–H and O–H groups in total. The number of unbranched alkanes of at least 4 members (excludes halogenated alkanes) is 1. The molecule has 10 aromatic rings. The third-order valence-electron chi connectivity index (χ3n) is 18.8. The number of carboxylic acid groups (broad SMARTS) is 2. The zero-order valence-electron chi connectivity index (χ0n) is 61.3. The Morgan fingerprint density at radius 1 is 0.611 bits per heavy atom. The van der Waals surface area contributed by atoms with Gasteiger partial charge in [0, 0.05) is 71.8 Å². The Bertz CT molecular complexity index is 4660. The van der Waals surface area contributed by atoms with Crippen molar-refractivity contribution in [1.29, 1.82) is 0 Å². The van der Waals surface area contributed by atoms with Crippen LogP contribution < -0.4 is 36.3 Å². The highest BCUT2D eigenvalue weighted by Gasteiger charge is 2.32. The van der Waals surface area contributed by atoms with Gasteiger partial charge in [0.05, 0.1) is 28.1 Å². The van der Waals surface area contributed by atoms with Crippen molar-refractivity contribution in [2.45, 2.75) is 156 Å². The van der Waals surface area contributed by atoms with E-state index in [2.05, 4.69) is 30.5 Å². The summed E-state index contributed by atoms with van der Waals surface area (Å²) in [6.45, 7) is 16.3. The number of aromatic carboxylic acids is 1. The number of imidazole rings is 2. The third-order valence-corrected chi connectivity index (χ3v) is 19.2. The number of fused-ring (bicyclic) bond motifs is 3. The van der Waals surface area contributed by atoms with Gasteiger partial charge in [-0.3, -0.25) is 28.1 Å². The van der Waals surface area contributed by atoms with Crippen LogP contribution >= 0.6 is 11.6 Å². The van der Waals surface area contributed by atoms with Crippen molar-refractivity contribution in [2.75, 3.05) is 26.2 Å². The Labute approximate surface area is 626 Å². The molecule has 0 saturated carbocycles. The van der Waals surface area contributed by atoms with Crippen LogP contribution in [0.1, 0.15) is 172 Å². The van der Waals surface area contributed by atoms with Gasteiger partial charge < -0.3 is 46.5 Å². The number of aromatic nitrogens is 5. The molecule has 5 aromatic carbocycles. The number of benzene rings is 5. The molecule has 108 heavy (non-hydrogen) atoms. The van der Waals surface area contributed by atoms with Gasteiger partial charge in [0.1, 0.15) is 65.9 Å². The fraction of sp³-hybridized carbons (Fsp3) is 0.346. The van der Waals surface area contributed by atoms with Crippen molar-refractivity contribution in [2.24, 2.45) is 11.5 Å². The lowest BCUT2D eigenvalue weighted by Crippen LogP contribution is -2.47. The second-order valence-corrected chi connectivity index (χ2v) is 27.9. The van der Waals surface area contributed by atoms with Crippen molar-refractivity contribution in [3.63, 3.8) is 0 Å². The monoisotopic (exact) mass is 1510 g/mol. The number of hydrogen-bond donors (Lipinski definition) is 6. The Kier molecular flexibility index (Phi) is 27.2. The number of ether oxygens (including phenoxy) is 3. The molecule has 1 aliphatic carbocycles. The number of aliphatic carboxylic acids is 1. The first-order valence-electron chi connectivity index (χ1n) is 35.3. The van der Waals surface area contributed by atoms with Crippen LogP contribution in [0.15, 0.2) is 140 Å². The normalized spacial score (nSPS) is 13.8. The lowest BCUT2D eigenvalue weighted by atomic mass is 9.89. The number of nitrogens with one attached hydrogen (secondary N) is 2. The molecule has 19 nitrogen and oxygen atoms in total. The van der Waals surface area contributed by atoms with Gasteiger partial charge >= 0.3 is 18.1 Å². The van der Waals surface area contributed by atoms with Crippen LogP contribution in [0.5, 0.6) is 17.2 Å². The summed E-state index contributed by atoms with van der Waals surface area (Å²) in [6, 6.07) is 32.2. The predicted molar refractivity (Wildman–Crippen MR) is 397 cm³/mol. The standard InChI is InChI=1S/C37H36ClF3N2O5.2C22H26F2N4O2/c38-30-22-26(24-13-15-28(16-14-24)37(39,40)41)11-12-27(30)23-48-34-9-2-1-6-25(34)19-21-43(20-4-3-10-35(44)45)33-8-5-7-31-29(33)17-18-32(42-31)36(46)47;2*1-5-22(4,25)12-26-21(29)19-14(3)27-20-18(9-13(2)10-28(19)20)30-11-15-16(23)7-6-8-17(15)24/h1-2,6,9,11-18,22,33H,3-5,7-8,10,19-21,23H2,(H,44,45)(H,46,47);2*6-10H,5,11-12,25H2,1-4H3,(H,26,29)/t;22-;/m.0./s1. The Morgan fingerprint density at radius 3 is 1.61 bits per heavy atom. The number of hydrogen-bond acceptors (Lipinski definition) is 13. The summed E-state index contributed by atoms with van der Waals surface area (Å²) < 4.78 is 116. The minimum Gasteiger partial charge on any atom is -0.489 e. The molecule has 2 unspecified atom stereocenters.